The summed E-state index contributed by atoms with van der Waals surface area (Å²) in [6.45, 7) is 5.03. The summed E-state index contributed by atoms with van der Waals surface area (Å²) < 4.78 is 23.2. The highest BCUT2D eigenvalue weighted by Crippen LogP contribution is 2.40. The molecule has 6 heteroatoms. The molecule has 3 fully saturated rings. The summed E-state index contributed by atoms with van der Waals surface area (Å²) in [6, 6.07) is 0.489. The standard InChI is InChI=1S/C19H33N3O2S/c1-2-10-20-19(21-13-15-9-11-25(23,24)14-15)22-18-8-7-16-5-3-4-6-17(16)12-18/h2,15-18H,1,3-14H2,(H2,20,21,22). The maximum Gasteiger partial charge on any atom is 0.191 e. The number of aliphatic imine (C=N–C) groups is 1. The number of nitrogens with one attached hydrogen (secondary N) is 2. The van der Waals surface area contributed by atoms with E-state index < -0.39 is 9.84 Å². The van der Waals surface area contributed by atoms with Crippen molar-refractivity contribution < 1.29 is 8.42 Å². The van der Waals surface area contributed by atoms with Crippen molar-refractivity contribution in [1.82, 2.24) is 10.6 Å². The molecule has 2 saturated carbocycles. The van der Waals surface area contributed by atoms with Crippen molar-refractivity contribution in [3.05, 3.63) is 12.7 Å². The molecule has 0 radical (unpaired) electrons. The predicted molar refractivity (Wildman–Crippen MR) is 103 cm³/mol. The van der Waals surface area contributed by atoms with E-state index in [0.29, 0.717) is 30.6 Å². The Hall–Kier alpha value is -1.04. The molecule has 0 bridgehead atoms. The Kier molecular flexibility index (Phi) is 6.42. The Labute approximate surface area is 152 Å². The van der Waals surface area contributed by atoms with Crippen LogP contribution in [0.4, 0.5) is 0 Å². The fourth-order valence-corrected chi connectivity index (χ4v) is 6.61. The molecule has 25 heavy (non-hydrogen) atoms. The van der Waals surface area contributed by atoms with Gasteiger partial charge >= 0.3 is 0 Å². The van der Waals surface area contributed by atoms with Crippen molar-refractivity contribution in [3.63, 3.8) is 0 Å². The molecule has 3 rings (SSSR count). The summed E-state index contributed by atoms with van der Waals surface area (Å²) in [4.78, 5) is 4.69. The van der Waals surface area contributed by atoms with E-state index in [1.165, 1.54) is 44.9 Å². The molecule has 142 valence electrons. The molecule has 2 N–H and O–H groups in total. The van der Waals surface area contributed by atoms with Crippen LogP contribution in [0.1, 0.15) is 51.4 Å². The van der Waals surface area contributed by atoms with E-state index >= 15 is 0 Å². The second-order valence-electron chi connectivity index (χ2n) is 8.09. The van der Waals surface area contributed by atoms with Crippen LogP contribution in [0.25, 0.3) is 0 Å². The van der Waals surface area contributed by atoms with Crippen molar-refractivity contribution in [3.8, 4) is 0 Å². The van der Waals surface area contributed by atoms with Gasteiger partial charge in [0.05, 0.1) is 11.5 Å². The highest BCUT2D eigenvalue weighted by atomic mass is 32.2. The van der Waals surface area contributed by atoms with Gasteiger partial charge in [0.1, 0.15) is 0 Å². The van der Waals surface area contributed by atoms with Gasteiger partial charge < -0.3 is 10.6 Å². The van der Waals surface area contributed by atoms with Gasteiger partial charge in [-0.3, -0.25) is 4.99 Å². The topological polar surface area (TPSA) is 70.6 Å². The van der Waals surface area contributed by atoms with Crippen LogP contribution in [-0.2, 0) is 9.84 Å². The van der Waals surface area contributed by atoms with Gasteiger partial charge in [-0.15, -0.1) is 6.58 Å². The summed E-state index contributed by atoms with van der Waals surface area (Å²) in [5, 5.41) is 6.91. The molecule has 1 saturated heterocycles. The number of sulfone groups is 1. The van der Waals surface area contributed by atoms with Crippen LogP contribution in [0.3, 0.4) is 0 Å². The minimum atomic E-state index is -2.83. The zero-order chi connectivity index (χ0) is 17.7. The lowest BCUT2D eigenvalue weighted by Crippen LogP contribution is -2.47. The number of hydrogen-bond acceptors (Lipinski definition) is 3. The number of fused-ring (bicyclic) bond motifs is 1. The highest BCUT2D eigenvalue weighted by molar-refractivity contribution is 7.91. The lowest BCUT2D eigenvalue weighted by molar-refractivity contribution is 0.150. The molecule has 1 heterocycles. The van der Waals surface area contributed by atoms with E-state index in [1.807, 2.05) is 6.08 Å². The Morgan fingerprint density at radius 2 is 1.92 bits per heavy atom. The largest absolute Gasteiger partial charge is 0.354 e. The molecule has 0 amide bonds. The molecule has 0 aromatic rings. The highest BCUT2D eigenvalue weighted by Gasteiger charge is 2.32. The van der Waals surface area contributed by atoms with Crippen LogP contribution in [0.5, 0.6) is 0 Å². The smallest absolute Gasteiger partial charge is 0.191 e. The van der Waals surface area contributed by atoms with Gasteiger partial charge in [-0.25, -0.2) is 8.42 Å². The number of rotatable bonds is 5. The van der Waals surface area contributed by atoms with Gasteiger partial charge in [-0.1, -0.05) is 31.8 Å². The zero-order valence-corrected chi connectivity index (χ0v) is 16.1. The van der Waals surface area contributed by atoms with Crippen LogP contribution in [0.15, 0.2) is 17.6 Å². The Morgan fingerprint density at radius 1 is 1.12 bits per heavy atom. The van der Waals surface area contributed by atoms with Crippen molar-refractivity contribution in [2.24, 2.45) is 22.7 Å². The molecule has 2 aliphatic carbocycles. The van der Waals surface area contributed by atoms with E-state index in [9.17, 15) is 8.42 Å². The van der Waals surface area contributed by atoms with Gasteiger partial charge in [0, 0.05) is 19.1 Å². The first kappa shape index (κ1) is 18.7. The Morgan fingerprint density at radius 3 is 2.64 bits per heavy atom. The average Bonchev–Trinajstić information content (AvgIpc) is 2.96. The van der Waals surface area contributed by atoms with E-state index in [4.69, 9.17) is 0 Å². The minimum absolute atomic E-state index is 0.168. The molecular formula is C19H33N3O2S. The number of guanidine groups is 1. The maximum atomic E-state index is 11.6. The van der Waals surface area contributed by atoms with E-state index in [1.54, 1.807) is 0 Å². The molecule has 4 unspecified atom stereocenters. The van der Waals surface area contributed by atoms with Gasteiger partial charge in [0.25, 0.3) is 0 Å². The molecule has 0 aromatic heterocycles. The van der Waals surface area contributed by atoms with Crippen LogP contribution in [0, 0.1) is 17.8 Å². The third-order valence-electron chi connectivity index (χ3n) is 6.13. The van der Waals surface area contributed by atoms with E-state index in [2.05, 4.69) is 22.2 Å². The van der Waals surface area contributed by atoms with Gasteiger partial charge in [0.15, 0.2) is 15.8 Å². The lowest BCUT2D eigenvalue weighted by atomic mass is 9.69. The number of nitrogens with zero attached hydrogens (tertiary/aromatic N) is 1. The SMILES string of the molecule is C=CCNC(=NCC1CCS(=O)(=O)C1)NC1CCC2CCCCC2C1. The second-order valence-corrected chi connectivity index (χ2v) is 10.3. The Balaban J connectivity index is 1.54. The van der Waals surface area contributed by atoms with E-state index in [-0.39, 0.29) is 5.92 Å². The molecule has 4 atom stereocenters. The molecule has 1 aliphatic heterocycles. The van der Waals surface area contributed by atoms with E-state index in [0.717, 1.165) is 24.2 Å². The summed E-state index contributed by atoms with van der Waals surface area (Å²) in [7, 11) is -2.83. The summed E-state index contributed by atoms with van der Waals surface area (Å²) in [6.07, 6.45) is 12.0. The van der Waals surface area contributed by atoms with Crippen molar-refractivity contribution in [2.45, 2.75) is 57.4 Å². The third kappa shape index (κ3) is 5.47. The van der Waals surface area contributed by atoms with Gasteiger partial charge in [0.2, 0.25) is 0 Å². The van der Waals surface area contributed by atoms with Gasteiger partial charge in [-0.05, 0) is 43.4 Å². The Bertz CT molecular complexity index is 587. The first-order valence-corrected chi connectivity index (χ1v) is 11.7. The minimum Gasteiger partial charge on any atom is -0.354 e. The average molecular weight is 368 g/mol. The summed E-state index contributed by atoms with van der Waals surface area (Å²) in [5.74, 6) is 3.42. The van der Waals surface area contributed by atoms with Crippen molar-refractivity contribution >= 4 is 15.8 Å². The first-order chi connectivity index (χ1) is 12.1. The molecule has 3 aliphatic rings. The quantitative estimate of drug-likeness (QED) is 0.445. The first-order valence-electron chi connectivity index (χ1n) is 9.92. The van der Waals surface area contributed by atoms with Crippen molar-refractivity contribution in [2.75, 3.05) is 24.6 Å². The van der Waals surface area contributed by atoms with Crippen LogP contribution < -0.4 is 10.6 Å². The van der Waals surface area contributed by atoms with Crippen LogP contribution in [0.2, 0.25) is 0 Å². The zero-order valence-electron chi connectivity index (χ0n) is 15.3. The van der Waals surface area contributed by atoms with Gasteiger partial charge in [-0.2, -0.15) is 0 Å². The molecule has 5 nitrogen and oxygen atoms in total. The summed E-state index contributed by atoms with van der Waals surface area (Å²) >= 11 is 0. The molecule has 0 spiro atoms. The fraction of sp³-hybridized carbons (Fsp3) is 0.842. The number of hydrogen-bond donors (Lipinski definition) is 2. The lowest BCUT2D eigenvalue weighted by Gasteiger charge is -2.39. The van der Waals surface area contributed by atoms with Crippen molar-refractivity contribution in [1.29, 1.82) is 0 Å². The monoisotopic (exact) mass is 367 g/mol. The third-order valence-corrected chi connectivity index (χ3v) is 7.97. The second kappa shape index (κ2) is 8.56. The normalized spacial score (nSPS) is 35.0. The predicted octanol–water partition coefficient (Wildman–Crippen LogP) is 2.50. The fourth-order valence-electron chi connectivity index (χ4n) is 4.76. The molecule has 0 aromatic carbocycles. The van der Waals surface area contributed by atoms with Crippen LogP contribution >= 0.6 is 0 Å². The molecular weight excluding hydrogens is 334 g/mol. The summed E-state index contributed by atoms with van der Waals surface area (Å²) in [5.41, 5.74) is 0. The van der Waals surface area contributed by atoms with Crippen LogP contribution in [-0.4, -0.2) is 45.0 Å². The maximum absolute atomic E-state index is 11.6.